The van der Waals surface area contributed by atoms with Gasteiger partial charge in [-0.2, -0.15) is 13.2 Å². The van der Waals surface area contributed by atoms with Crippen LogP contribution in [0.3, 0.4) is 0 Å². The number of alkyl halides is 3. The summed E-state index contributed by atoms with van der Waals surface area (Å²) in [6.07, 6.45) is 1.45. The number of Topliss-reactive ketones (excluding diaryl/α,β-unsaturated/α-hetero) is 2. The fourth-order valence-electron chi connectivity index (χ4n) is 8.15. The molecule has 0 aliphatic heterocycles. The summed E-state index contributed by atoms with van der Waals surface area (Å²) in [7, 11) is 0. The Morgan fingerprint density at radius 3 is 2.42 bits per heavy atom. The van der Waals surface area contributed by atoms with Gasteiger partial charge in [0, 0.05) is 30.2 Å². The number of carbonyl (C=O) groups excluding carboxylic acids is 3. The molecule has 5 rings (SSSR count). The van der Waals surface area contributed by atoms with E-state index in [4.69, 9.17) is 0 Å². The van der Waals surface area contributed by atoms with E-state index in [1.807, 2.05) is 19.1 Å². The van der Waals surface area contributed by atoms with Crippen LogP contribution in [-0.2, 0) is 9.59 Å². The molecule has 0 saturated heterocycles. The molecule has 4 aliphatic carbocycles. The first-order valence-corrected chi connectivity index (χ1v) is 13.6. The van der Waals surface area contributed by atoms with Crippen molar-refractivity contribution >= 4 is 17.3 Å². The smallest absolute Gasteiger partial charge is 0.298 e. The number of allylic oxidation sites excluding steroid dienone is 4. The average molecular weight is 523 g/mol. The summed E-state index contributed by atoms with van der Waals surface area (Å²) in [5.41, 5.74) is 3.11. The van der Waals surface area contributed by atoms with Crippen LogP contribution in [0.15, 0.2) is 47.1 Å². The summed E-state index contributed by atoms with van der Waals surface area (Å²) in [4.78, 5) is 37.7. The predicted molar refractivity (Wildman–Crippen MR) is 138 cm³/mol. The van der Waals surface area contributed by atoms with Gasteiger partial charge in [0.15, 0.2) is 17.3 Å². The minimum absolute atomic E-state index is 0.0356. The molecular weight excluding hydrogens is 489 g/mol. The third-order valence-electron chi connectivity index (χ3n) is 9.86. The summed E-state index contributed by atoms with van der Waals surface area (Å²) in [5, 5.41) is 0. The number of rotatable bonds is 4. The Morgan fingerprint density at radius 1 is 1.08 bits per heavy atom. The summed E-state index contributed by atoms with van der Waals surface area (Å²) < 4.78 is 40.1. The average Bonchev–Trinajstić information content (AvgIpc) is 3.18. The summed E-state index contributed by atoms with van der Waals surface area (Å²) in [6, 6.07) is 7.50. The number of ketones is 3. The molecule has 5 atom stereocenters. The first-order valence-electron chi connectivity index (χ1n) is 13.6. The molecule has 0 aromatic heterocycles. The van der Waals surface area contributed by atoms with Gasteiger partial charge in [-0.25, -0.2) is 0 Å². The third-order valence-corrected chi connectivity index (χ3v) is 9.86. The van der Waals surface area contributed by atoms with Crippen molar-refractivity contribution in [2.24, 2.45) is 22.7 Å². The molecule has 2 fully saturated rings. The Balaban J connectivity index is 1.71. The van der Waals surface area contributed by atoms with Crippen LogP contribution in [0.2, 0.25) is 0 Å². The number of halogens is 3. The number of hydrogen-bond acceptors (Lipinski definition) is 3. The molecule has 3 nitrogen and oxygen atoms in total. The van der Waals surface area contributed by atoms with Crippen LogP contribution in [0.25, 0.3) is 0 Å². The van der Waals surface area contributed by atoms with Gasteiger partial charge < -0.3 is 0 Å². The van der Waals surface area contributed by atoms with Crippen molar-refractivity contribution in [1.82, 2.24) is 0 Å². The normalized spacial score (nSPS) is 32.4. The maximum absolute atomic E-state index is 13.5. The Labute approximate surface area is 221 Å². The van der Waals surface area contributed by atoms with E-state index < -0.39 is 17.0 Å². The van der Waals surface area contributed by atoms with Gasteiger partial charge in [0.05, 0.1) is 5.41 Å². The van der Waals surface area contributed by atoms with Crippen molar-refractivity contribution < 1.29 is 27.6 Å². The van der Waals surface area contributed by atoms with E-state index in [9.17, 15) is 27.6 Å². The van der Waals surface area contributed by atoms with Crippen molar-refractivity contribution in [3.8, 4) is 11.8 Å². The zero-order valence-corrected chi connectivity index (χ0v) is 22.1. The Morgan fingerprint density at radius 2 is 1.79 bits per heavy atom. The number of benzene rings is 1. The molecule has 1 aromatic rings. The van der Waals surface area contributed by atoms with E-state index in [0.717, 1.165) is 24.0 Å². The molecule has 0 N–H and O–H groups in total. The zero-order chi connectivity index (χ0) is 27.5. The van der Waals surface area contributed by atoms with Crippen LogP contribution >= 0.6 is 0 Å². The predicted octanol–water partition coefficient (Wildman–Crippen LogP) is 7.32. The monoisotopic (exact) mass is 522 g/mol. The first kappa shape index (κ1) is 26.7. The lowest BCUT2D eigenvalue weighted by molar-refractivity contribution is -0.132. The maximum Gasteiger partial charge on any atom is 0.457 e. The van der Waals surface area contributed by atoms with Crippen LogP contribution in [0.4, 0.5) is 13.2 Å². The van der Waals surface area contributed by atoms with E-state index in [0.29, 0.717) is 37.7 Å². The van der Waals surface area contributed by atoms with E-state index in [1.165, 1.54) is 24.0 Å². The van der Waals surface area contributed by atoms with Gasteiger partial charge >= 0.3 is 6.18 Å². The minimum atomic E-state index is -4.67. The molecule has 0 amide bonds. The van der Waals surface area contributed by atoms with Crippen molar-refractivity contribution in [2.75, 3.05) is 0 Å². The van der Waals surface area contributed by atoms with Gasteiger partial charge in [-0.1, -0.05) is 49.6 Å². The maximum atomic E-state index is 13.5. The molecule has 0 heterocycles. The summed E-state index contributed by atoms with van der Waals surface area (Å²) >= 11 is 0. The van der Waals surface area contributed by atoms with Gasteiger partial charge in [0.2, 0.25) is 0 Å². The molecule has 0 bridgehead atoms. The highest BCUT2D eigenvalue weighted by Crippen LogP contribution is 2.69. The minimum Gasteiger partial charge on any atom is -0.298 e. The lowest BCUT2D eigenvalue weighted by atomic mass is 9.48. The van der Waals surface area contributed by atoms with Gasteiger partial charge in [0.1, 0.15) is 0 Å². The highest BCUT2D eigenvalue weighted by molar-refractivity contribution is 5.94. The quantitative estimate of drug-likeness (QED) is 0.308. The number of fused-ring (bicyclic) bond motifs is 4. The van der Waals surface area contributed by atoms with Crippen molar-refractivity contribution in [1.29, 1.82) is 0 Å². The van der Waals surface area contributed by atoms with Crippen LogP contribution in [0.5, 0.6) is 0 Å². The molecule has 4 aliphatic rings. The van der Waals surface area contributed by atoms with E-state index in [1.54, 1.807) is 25.1 Å². The van der Waals surface area contributed by atoms with E-state index in [2.05, 4.69) is 5.92 Å². The Bertz CT molecular complexity index is 1320. The van der Waals surface area contributed by atoms with Crippen LogP contribution < -0.4 is 0 Å². The highest BCUT2D eigenvalue weighted by Gasteiger charge is 2.65. The SMILES string of the molecule is CCC(=O)[C@@]1(C#CC(F)(F)F)CC[C@H]2[C@@H]3CCC4=CC(=O)CCC4=C3[C@@H](c3ccc(C(C)=O)cc3)C[C@@]21C. The molecule has 0 radical (unpaired) electrons. The lowest BCUT2D eigenvalue weighted by Crippen LogP contribution is -2.50. The van der Waals surface area contributed by atoms with E-state index in [-0.39, 0.29) is 41.5 Å². The molecule has 6 heteroatoms. The van der Waals surface area contributed by atoms with Crippen molar-refractivity contribution in [2.45, 2.75) is 84.2 Å². The van der Waals surface area contributed by atoms with Crippen LogP contribution in [0.1, 0.15) is 94.0 Å². The summed E-state index contributed by atoms with van der Waals surface area (Å²) in [6.45, 7) is 5.22. The molecule has 0 unspecified atom stereocenters. The molecule has 38 heavy (non-hydrogen) atoms. The fraction of sp³-hybridized carbons (Fsp3) is 0.531. The molecule has 0 spiro atoms. The van der Waals surface area contributed by atoms with Gasteiger partial charge in [-0.15, -0.1) is 0 Å². The molecule has 2 saturated carbocycles. The molecular formula is C32H33F3O3. The van der Waals surface area contributed by atoms with Crippen LogP contribution in [-0.4, -0.2) is 23.5 Å². The van der Waals surface area contributed by atoms with E-state index >= 15 is 0 Å². The van der Waals surface area contributed by atoms with Crippen LogP contribution in [0, 0.1) is 34.5 Å². The standard InChI is InChI=1S/C32H33F3O3/c1-4-28(38)31(15-16-32(33,34)35)14-13-27-25-11-9-22-17-23(37)10-12-24(22)29(25)26(18-30(27,31)3)21-7-5-20(6-8-21)19(2)36/h5-8,17,25-27H,4,9-14,18H2,1-3H3/t25-,26+,27-,30-,31-/m0/s1. The molecule has 1 aromatic carbocycles. The third kappa shape index (κ3) is 4.19. The van der Waals surface area contributed by atoms with Gasteiger partial charge in [0.25, 0.3) is 0 Å². The van der Waals surface area contributed by atoms with Gasteiger partial charge in [-0.05, 0) is 85.5 Å². The lowest BCUT2D eigenvalue weighted by Gasteiger charge is -2.54. The van der Waals surface area contributed by atoms with Crippen molar-refractivity contribution in [3.05, 3.63) is 58.2 Å². The summed E-state index contributed by atoms with van der Waals surface area (Å²) in [5.74, 6) is 3.98. The highest BCUT2D eigenvalue weighted by atomic mass is 19.4. The number of hydrogen-bond donors (Lipinski definition) is 0. The van der Waals surface area contributed by atoms with Crippen molar-refractivity contribution in [3.63, 3.8) is 0 Å². The molecule has 200 valence electrons. The fourth-order valence-corrected chi connectivity index (χ4v) is 8.15. The zero-order valence-electron chi connectivity index (χ0n) is 22.1. The second-order valence-corrected chi connectivity index (χ2v) is 11.6. The largest absolute Gasteiger partial charge is 0.457 e. The Kier molecular flexibility index (Phi) is 6.57. The number of carbonyl (C=O) groups is 3. The van der Waals surface area contributed by atoms with Gasteiger partial charge in [-0.3, -0.25) is 14.4 Å². The second kappa shape index (κ2) is 9.36. The topological polar surface area (TPSA) is 51.2 Å². The second-order valence-electron chi connectivity index (χ2n) is 11.6. The first-order chi connectivity index (χ1) is 17.9. The Hall–Kier alpha value is -2.94.